The molecule has 1 aromatic heterocycles. The number of aliphatic hydroxyl groups is 1. The van der Waals surface area contributed by atoms with Crippen molar-refractivity contribution in [1.29, 1.82) is 0 Å². The van der Waals surface area contributed by atoms with Crippen LogP contribution in [0.3, 0.4) is 0 Å². The number of aromatic nitrogens is 1. The first-order valence-electron chi connectivity index (χ1n) is 6.28. The summed E-state index contributed by atoms with van der Waals surface area (Å²) in [5.74, 6) is 0.747. The zero-order valence-electron chi connectivity index (χ0n) is 10.3. The molecule has 2 N–H and O–H groups in total. The van der Waals surface area contributed by atoms with Gasteiger partial charge in [-0.15, -0.1) is 0 Å². The van der Waals surface area contributed by atoms with Gasteiger partial charge in [-0.05, 0) is 43.5 Å². The number of hydrogen-bond donors (Lipinski definition) is 2. The molecule has 2 aromatic rings. The highest BCUT2D eigenvalue weighted by Crippen LogP contribution is 2.32. The van der Waals surface area contributed by atoms with Gasteiger partial charge in [0.2, 0.25) is 0 Å². The lowest BCUT2D eigenvalue weighted by molar-refractivity contribution is -0.0202. The van der Waals surface area contributed by atoms with Crippen molar-refractivity contribution >= 4 is 44.3 Å². The van der Waals surface area contributed by atoms with Crippen molar-refractivity contribution < 1.29 is 5.11 Å². The van der Waals surface area contributed by atoms with E-state index in [9.17, 15) is 5.11 Å². The standard InChI is InChI=1S/C14H14BrClN2O/c15-10-6-9-2-3-12(18-13(9)11(16)7-10)17-8-14(19)4-1-5-14/h2-3,6-7,19H,1,4-5,8H2,(H,17,18). The van der Waals surface area contributed by atoms with Crippen LogP contribution in [0.5, 0.6) is 0 Å². The topological polar surface area (TPSA) is 45.1 Å². The van der Waals surface area contributed by atoms with Gasteiger partial charge in [0.05, 0.1) is 16.1 Å². The highest BCUT2D eigenvalue weighted by Gasteiger charge is 2.33. The van der Waals surface area contributed by atoms with Gasteiger partial charge in [-0.25, -0.2) is 4.98 Å². The molecule has 0 atom stereocenters. The molecule has 1 heterocycles. The molecular weight excluding hydrogens is 328 g/mol. The van der Waals surface area contributed by atoms with E-state index in [4.69, 9.17) is 11.6 Å². The number of anilines is 1. The number of rotatable bonds is 3. The summed E-state index contributed by atoms with van der Waals surface area (Å²) >= 11 is 9.61. The zero-order chi connectivity index (χ0) is 13.5. The molecule has 1 saturated carbocycles. The fourth-order valence-corrected chi connectivity index (χ4v) is 3.15. The Hall–Kier alpha value is -0.840. The largest absolute Gasteiger partial charge is 0.388 e. The van der Waals surface area contributed by atoms with Gasteiger partial charge in [0.1, 0.15) is 5.82 Å². The number of fused-ring (bicyclic) bond motifs is 1. The molecular formula is C14H14BrClN2O. The first-order valence-corrected chi connectivity index (χ1v) is 7.45. The zero-order valence-corrected chi connectivity index (χ0v) is 12.6. The van der Waals surface area contributed by atoms with Gasteiger partial charge in [-0.1, -0.05) is 27.5 Å². The fraction of sp³-hybridized carbons (Fsp3) is 0.357. The molecule has 100 valence electrons. The Morgan fingerprint density at radius 1 is 1.37 bits per heavy atom. The summed E-state index contributed by atoms with van der Waals surface area (Å²) in [6.45, 7) is 0.541. The van der Waals surface area contributed by atoms with Crippen molar-refractivity contribution in [3.8, 4) is 0 Å². The summed E-state index contributed by atoms with van der Waals surface area (Å²) in [5.41, 5.74) is 0.218. The first kappa shape index (κ1) is 13.2. The molecule has 0 saturated heterocycles. The number of nitrogens with zero attached hydrogens (tertiary/aromatic N) is 1. The average Bonchev–Trinajstić information content (AvgIpc) is 2.34. The summed E-state index contributed by atoms with van der Waals surface area (Å²) in [6.07, 6.45) is 2.83. The molecule has 1 aliphatic carbocycles. The number of pyridine rings is 1. The van der Waals surface area contributed by atoms with Gasteiger partial charge in [-0.3, -0.25) is 0 Å². The fourth-order valence-electron chi connectivity index (χ4n) is 2.27. The van der Waals surface area contributed by atoms with Crippen LogP contribution in [-0.2, 0) is 0 Å². The van der Waals surface area contributed by atoms with Crippen LogP contribution in [-0.4, -0.2) is 22.2 Å². The van der Waals surface area contributed by atoms with Crippen molar-refractivity contribution in [2.24, 2.45) is 0 Å². The monoisotopic (exact) mass is 340 g/mol. The predicted molar refractivity (Wildman–Crippen MR) is 81.7 cm³/mol. The van der Waals surface area contributed by atoms with Gasteiger partial charge in [-0.2, -0.15) is 0 Å². The quantitative estimate of drug-likeness (QED) is 0.887. The van der Waals surface area contributed by atoms with E-state index in [1.165, 1.54) is 0 Å². The second-order valence-corrected chi connectivity index (χ2v) is 6.41. The third-order valence-electron chi connectivity index (χ3n) is 3.59. The average molecular weight is 342 g/mol. The van der Waals surface area contributed by atoms with Gasteiger partial charge in [0.25, 0.3) is 0 Å². The van der Waals surface area contributed by atoms with Gasteiger partial charge in [0.15, 0.2) is 0 Å². The van der Waals surface area contributed by atoms with Gasteiger partial charge < -0.3 is 10.4 Å². The molecule has 5 heteroatoms. The Morgan fingerprint density at radius 3 is 2.84 bits per heavy atom. The summed E-state index contributed by atoms with van der Waals surface area (Å²) in [7, 11) is 0. The van der Waals surface area contributed by atoms with Crippen LogP contribution in [0.1, 0.15) is 19.3 Å². The Morgan fingerprint density at radius 2 is 2.16 bits per heavy atom. The lowest BCUT2D eigenvalue weighted by Gasteiger charge is -2.36. The third-order valence-corrected chi connectivity index (χ3v) is 4.34. The van der Waals surface area contributed by atoms with E-state index in [0.29, 0.717) is 11.6 Å². The SMILES string of the molecule is OC1(CNc2ccc3cc(Br)cc(Cl)c3n2)CCC1. The maximum atomic E-state index is 10.1. The maximum absolute atomic E-state index is 10.1. The van der Waals surface area contributed by atoms with E-state index in [-0.39, 0.29) is 0 Å². The molecule has 0 aliphatic heterocycles. The van der Waals surface area contributed by atoms with Crippen molar-refractivity contribution in [2.75, 3.05) is 11.9 Å². The lowest BCUT2D eigenvalue weighted by atomic mass is 9.80. The van der Waals surface area contributed by atoms with Crippen LogP contribution in [0.2, 0.25) is 5.02 Å². The Bertz CT molecular complexity index is 628. The number of benzene rings is 1. The minimum Gasteiger partial charge on any atom is -0.388 e. The summed E-state index contributed by atoms with van der Waals surface area (Å²) < 4.78 is 0.941. The van der Waals surface area contributed by atoms with Crippen LogP contribution in [0.15, 0.2) is 28.7 Å². The molecule has 0 unspecified atom stereocenters. The summed E-state index contributed by atoms with van der Waals surface area (Å²) in [4.78, 5) is 4.50. The number of hydrogen-bond acceptors (Lipinski definition) is 3. The molecule has 0 bridgehead atoms. The van der Waals surface area contributed by atoms with Crippen molar-refractivity contribution in [3.63, 3.8) is 0 Å². The van der Waals surface area contributed by atoms with Crippen LogP contribution in [0.25, 0.3) is 10.9 Å². The minimum absolute atomic E-state index is 0.541. The minimum atomic E-state index is -0.555. The van der Waals surface area contributed by atoms with E-state index in [0.717, 1.165) is 40.5 Å². The smallest absolute Gasteiger partial charge is 0.126 e. The van der Waals surface area contributed by atoms with Crippen LogP contribution in [0, 0.1) is 0 Å². The molecule has 0 spiro atoms. The number of nitrogens with one attached hydrogen (secondary N) is 1. The molecule has 3 nitrogen and oxygen atoms in total. The molecule has 1 aliphatic rings. The second-order valence-electron chi connectivity index (χ2n) is 5.09. The normalized spacial score (nSPS) is 17.2. The van der Waals surface area contributed by atoms with Crippen molar-refractivity contribution in [3.05, 3.63) is 33.8 Å². The third kappa shape index (κ3) is 2.71. The van der Waals surface area contributed by atoms with E-state index in [1.54, 1.807) is 0 Å². The molecule has 0 radical (unpaired) electrons. The van der Waals surface area contributed by atoms with Crippen molar-refractivity contribution in [2.45, 2.75) is 24.9 Å². The number of halogens is 2. The maximum Gasteiger partial charge on any atom is 0.126 e. The van der Waals surface area contributed by atoms with Crippen LogP contribution in [0.4, 0.5) is 5.82 Å². The van der Waals surface area contributed by atoms with E-state index < -0.39 is 5.60 Å². The highest BCUT2D eigenvalue weighted by atomic mass is 79.9. The van der Waals surface area contributed by atoms with Crippen LogP contribution < -0.4 is 5.32 Å². The van der Waals surface area contributed by atoms with E-state index in [1.807, 2.05) is 24.3 Å². The first-order chi connectivity index (χ1) is 9.06. The van der Waals surface area contributed by atoms with Gasteiger partial charge in [0, 0.05) is 16.4 Å². The second kappa shape index (κ2) is 4.93. The molecule has 3 rings (SSSR count). The molecule has 0 amide bonds. The Balaban J connectivity index is 1.85. The summed E-state index contributed by atoms with van der Waals surface area (Å²) in [6, 6.07) is 7.71. The molecule has 19 heavy (non-hydrogen) atoms. The molecule has 1 fully saturated rings. The van der Waals surface area contributed by atoms with Gasteiger partial charge >= 0.3 is 0 Å². The highest BCUT2D eigenvalue weighted by molar-refractivity contribution is 9.10. The van der Waals surface area contributed by atoms with E-state index in [2.05, 4.69) is 26.2 Å². The van der Waals surface area contributed by atoms with E-state index >= 15 is 0 Å². The Kier molecular flexibility index (Phi) is 3.41. The predicted octanol–water partition coefficient (Wildman–Crippen LogP) is 3.98. The lowest BCUT2D eigenvalue weighted by Crippen LogP contribution is -2.43. The Labute approximate surface area is 125 Å². The van der Waals surface area contributed by atoms with Crippen molar-refractivity contribution in [1.82, 2.24) is 4.98 Å². The van der Waals surface area contributed by atoms with Crippen LogP contribution >= 0.6 is 27.5 Å². The summed E-state index contributed by atoms with van der Waals surface area (Å²) in [5, 5.41) is 14.9. The molecule has 1 aromatic carbocycles.